The lowest BCUT2D eigenvalue weighted by Gasteiger charge is -2.13. The summed E-state index contributed by atoms with van der Waals surface area (Å²) in [6.07, 6.45) is 10.1. The molecule has 7 heteroatoms. The molecule has 2 aromatic carbocycles. The van der Waals surface area contributed by atoms with Gasteiger partial charge in [-0.3, -0.25) is 9.59 Å². The first-order valence-electron chi connectivity index (χ1n) is 10.9. The molecule has 0 unspecified atom stereocenters. The zero-order chi connectivity index (χ0) is 22.6. The third-order valence-electron chi connectivity index (χ3n) is 5.10. The summed E-state index contributed by atoms with van der Waals surface area (Å²) >= 11 is 0. The van der Waals surface area contributed by atoms with Crippen molar-refractivity contribution in [3.63, 3.8) is 0 Å². The minimum atomic E-state index is -0.802. The van der Waals surface area contributed by atoms with Crippen molar-refractivity contribution in [3.05, 3.63) is 72.8 Å². The van der Waals surface area contributed by atoms with E-state index >= 15 is 0 Å². The monoisotopic (exact) mass is 435 g/mol. The van der Waals surface area contributed by atoms with E-state index in [0.717, 1.165) is 29.5 Å². The number of imidazole rings is 1. The first-order chi connectivity index (χ1) is 15.6. The summed E-state index contributed by atoms with van der Waals surface area (Å²) in [5, 5.41) is 13.8. The molecule has 1 heterocycles. The van der Waals surface area contributed by atoms with Crippen molar-refractivity contribution in [2.24, 2.45) is 0 Å². The van der Waals surface area contributed by atoms with E-state index in [1.54, 1.807) is 12.5 Å². The van der Waals surface area contributed by atoms with Crippen LogP contribution in [-0.2, 0) is 16.1 Å². The number of carbonyl (C=O) groups is 2. The van der Waals surface area contributed by atoms with E-state index in [0.29, 0.717) is 31.4 Å². The second kappa shape index (κ2) is 12.3. The fourth-order valence-electron chi connectivity index (χ4n) is 3.39. The highest BCUT2D eigenvalue weighted by atomic mass is 16.5. The zero-order valence-corrected chi connectivity index (χ0v) is 18.1. The number of hydrogen-bond acceptors (Lipinski definition) is 4. The largest absolute Gasteiger partial charge is 0.488 e. The van der Waals surface area contributed by atoms with Crippen LogP contribution in [-0.4, -0.2) is 39.7 Å². The minimum Gasteiger partial charge on any atom is -0.488 e. The Bertz CT molecular complexity index is 1040. The van der Waals surface area contributed by atoms with Crippen LogP contribution in [0.25, 0.3) is 10.8 Å². The Hall–Kier alpha value is -3.61. The van der Waals surface area contributed by atoms with Gasteiger partial charge in [0.15, 0.2) is 0 Å². The Morgan fingerprint density at radius 1 is 1.09 bits per heavy atom. The lowest BCUT2D eigenvalue weighted by molar-refractivity contribution is -0.137. The molecule has 2 N–H and O–H groups in total. The number of benzene rings is 2. The van der Waals surface area contributed by atoms with Crippen LogP contribution < -0.4 is 10.1 Å². The molecule has 3 rings (SSSR count). The maximum absolute atomic E-state index is 12.8. The molecule has 32 heavy (non-hydrogen) atoms. The molecule has 1 amide bonds. The molecule has 7 nitrogen and oxygen atoms in total. The van der Waals surface area contributed by atoms with Gasteiger partial charge in [0.25, 0.3) is 0 Å². The highest BCUT2D eigenvalue weighted by Gasteiger charge is 2.11. The SMILES string of the molecule is O=C(O)CCCC/C=C(\COc1cccc2ccccc12)C(=O)NCCCn1ccnc1. The van der Waals surface area contributed by atoms with Gasteiger partial charge in [-0.25, -0.2) is 4.98 Å². The minimum absolute atomic E-state index is 0.135. The number of carboxylic acids is 1. The normalized spacial score (nSPS) is 11.4. The van der Waals surface area contributed by atoms with Gasteiger partial charge in [0.1, 0.15) is 12.4 Å². The number of ether oxygens (including phenoxy) is 1. The van der Waals surface area contributed by atoms with Gasteiger partial charge in [-0.05, 0) is 37.1 Å². The number of amides is 1. The zero-order valence-electron chi connectivity index (χ0n) is 18.1. The molecule has 0 saturated heterocycles. The summed E-state index contributed by atoms with van der Waals surface area (Å²) < 4.78 is 7.99. The van der Waals surface area contributed by atoms with Crippen molar-refractivity contribution >= 4 is 22.6 Å². The summed E-state index contributed by atoms with van der Waals surface area (Å²) in [6, 6.07) is 13.8. The maximum atomic E-state index is 12.8. The number of allylic oxidation sites excluding steroid dienone is 1. The Labute approximate surface area is 187 Å². The fraction of sp³-hybridized carbons (Fsp3) is 0.320. The van der Waals surface area contributed by atoms with Gasteiger partial charge < -0.3 is 19.7 Å². The van der Waals surface area contributed by atoms with Crippen molar-refractivity contribution in [2.45, 2.75) is 38.6 Å². The quantitative estimate of drug-likeness (QED) is 0.310. The molecule has 3 aromatic rings. The molecule has 0 saturated carbocycles. The summed E-state index contributed by atoms with van der Waals surface area (Å²) in [5.74, 6) is -0.231. The Morgan fingerprint density at radius 2 is 1.94 bits per heavy atom. The number of carboxylic acid groups (broad SMARTS) is 1. The average molecular weight is 436 g/mol. The first kappa shape index (κ1) is 23.1. The average Bonchev–Trinajstić information content (AvgIpc) is 3.32. The number of hydrogen-bond donors (Lipinski definition) is 2. The van der Waals surface area contributed by atoms with E-state index in [9.17, 15) is 9.59 Å². The van der Waals surface area contributed by atoms with Gasteiger partial charge >= 0.3 is 5.97 Å². The topological polar surface area (TPSA) is 93.5 Å². The van der Waals surface area contributed by atoms with Gasteiger partial charge in [0.05, 0.1) is 11.9 Å². The number of nitrogens with zero attached hydrogens (tertiary/aromatic N) is 2. The first-order valence-corrected chi connectivity index (χ1v) is 10.9. The standard InChI is InChI=1S/C25H29N3O4/c29-24(30)13-3-1-2-9-21(25(31)27-14-7-16-28-17-15-26-19-28)18-32-23-12-6-10-20-8-4-5-11-22(20)23/h4-6,8-12,15,17,19H,1-3,7,13-14,16,18H2,(H,27,31)(H,29,30)/b21-9+. The van der Waals surface area contributed by atoms with Gasteiger partial charge in [-0.1, -0.05) is 42.5 Å². The van der Waals surface area contributed by atoms with Gasteiger partial charge in [-0.2, -0.15) is 0 Å². The number of rotatable bonds is 13. The van der Waals surface area contributed by atoms with E-state index in [1.165, 1.54) is 0 Å². The number of aryl methyl sites for hydroxylation is 1. The highest BCUT2D eigenvalue weighted by molar-refractivity contribution is 5.94. The second-order valence-corrected chi connectivity index (χ2v) is 7.54. The molecule has 0 atom stereocenters. The number of unbranched alkanes of at least 4 members (excludes halogenated alkanes) is 2. The summed E-state index contributed by atoms with van der Waals surface area (Å²) in [6.45, 7) is 1.48. The van der Waals surface area contributed by atoms with Crippen LogP contribution >= 0.6 is 0 Å². The Kier molecular flexibility index (Phi) is 8.86. The molecular formula is C25H29N3O4. The molecule has 0 bridgehead atoms. The molecule has 168 valence electrons. The predicted molar refractivity (Wildman–Crippen MR) is 123 cm³/mol. The van der Waals surface area contributed by atoms with E-state index < -0.39 is 5.97 Å². The van der Waals surface area contributed by atoms with Gasteiger partial charge in [0.2, 0.25) is 5.91 Å². The van der Waals surface area contributed by atoms with Crippen molar-refractivity contribution < 1.29 is 19.4 Å². The highest BCUT2D eigenvalue weighted by Crippen LogP contribution is 2.25. The van der Waals surface area contributed by atoms with Crippen molar-refractivity contribution in [2.75, 3.05) is 13.2 Å². The smallest absolute Gasteiger partial charge is 0.303 e. The number of aliphatic carboxylic acids is 1. The molecule has 0 aliphatic rings. The van der Waals surface area contributed by atoms with Crippen LogP contribution in [0.5, 0.6) is 5.75 Å². The Balaban J connectivity index is 1.58. The van der Waals surface area contributed by atoms with Gasteiger partial charge in [-0.15, -0.1) is 0 Å². The van der Waals surface area contributed by atoms with E-state index in [-0.39, 0.29) is 18.9 Å². The predicted octanol–water partition coefficient (Wildman–Crippen LogP) is 4.19. The third kappa shape index (κ3) is 7.27. The summed E-state index contributed by atoms with van der Waals surface area (Å²) in [7, 11) is 0. The van der Waals surface area contributed by atoms with E-state index in [2.05, 4.69) is 10.3 Å². The van der Waals surface area contributed by atoms with Crippen LogP contribution in [0.2, 0.25) is 0 Å². The van der Waals surface area contributed by atoms with Crippen LogP contribution in [0.15, 0.2) is 72.8 Å². The summed E-state index contributed by atoms with van der Waals surface area (Å²) in [5.41, 5.74) is 0.552. The number of fused-ring (bicyclic) bond motifs is 1. The number of aromatic nitrogens is 2. The molecule has 0 fully saturated rings. The molecule has 0 spiro atoms. The summed E-state index contributed by atoms with van der Waals surface area (Å²) in [4.78, 5) is 27.5. The van der Waals surface area contributed by atoms with Crippen LogP contribution in [0.3, 0.4) is 0 Å². The number of carbonyl (C=O) groups excluding carboxylic acids is 1. The third-order valence-corrected chi connectivity index (χ3v) is 5.10. The fourth-order valence-corrected chi connectivity index (χ4v) is 3.39. The second-order valence-electron chi connectivity index (χ2n) is 7.54. The van der Waals surface area contributed by atoms with Crippen molar-refractivity contribution in [1.29, 1.82) is 0 Å². The molecule has 0 radical (unpaired) electrons. The molecular weight excluding hydrogens is 406 g/mol. The van der Waals surface area contributed by atoms with E-state index in [1.807, 2.05) is 59.3 Å². The molecule has 1 aromatic heterocycles. The van der Waals surface area contributed by atoms with Crippen LogP contribution in [0.4, 0.5) is 0 Å². The van der Waals surface area contributed by atoms with Crippen LogP contribution in [0.1, 0.15) is 32.1 Å². The lowest BCUT2D eigenvalue weighted by atomic mass is 10.1. The maximum Gasteiger partial charge on any atom is 0.303 e. The molecule has 0 aliphatic heterocycles. The van der Waals surface area contributed by atoms with Crippen molar-refractivity contribution in [3.8, 4) is 5.75 Å². The van der Waals surface area contributed by atoms with Gasteiger partial charge in [0, 0.05) is 37.3 Å². The van der Waals surface area contributed by atoms with Crippen molar-refractivity contribution in [1.82, 2.24) is 14.9 Å². The lowest BCUT2D eigenvalue weighted by Crippen LogP contribution is -2.29. The Morgan fingerprint density at radius 3 is 2.75 bits per heavy atom. The molecule has 0 aliphatic carbocycles. The van der Waals surface area contributed by atoms with E-state index in [4.69, 9.17) is 9.84 Å². The number of nitrogens with one attached hydrogen (secondary N) is 1. The van der Waals surface area contributed by atoms with Crippen LogP contribution in [0, 0.1) is 0 Å².